The van der Waals surface area contributed by atoms with E-state index in [0.29, 0.717) is 10.5 Å². The smallest absolute Gasteiger partial charge is 0.321 e. The Kier molecular flexibility index (Phi) is 6.24. The second kappa shape index (κ2) is 9.19. The quantitative estimate of drug-likeness (QED) is 0.403. The Labute approximate surface area is 206 Å². The van der Waals surface area contributed by atoms with Crippen molar-refractivity contribution in [3.63, 3.8) is 0 Å². The Morgan fingerprint density at radius 3 is 2.71 bits per heavy atom. The molecule has 2 N–H and O–H groups in total. The summed E-state index contributed by atoms with van der Waals surface area (Å²) >= 11 is 2.80. The number of fused-ring (bicyclic) bond motifs is 3. The van der Waals surface area contributed by atoms with Gasteiger partial charge in [0.05, 0.1) is 16.3 Å². The van der Waals surface area contributed by atoms with Crippen molar-refractivity contribution in [2.45, 2.75) is 75.7 Å². The van der Waals surface area contributed by atoms with E-state index in [1.807, 2.05) is 32.0 Å². The summed E-state index contributed by atoms with van der Waals surface area (Å²) in [6.45, 7) is 5.73. The largest absolute Gasteiger partial charge is 0.335 e. The molecular formula is C25H28N4O3S2. The highest BCUT2D eigenvalue weighted by Gasteiger charge is 2.28. The van der Waals surface area contributed by atoms with E-state index in [0.717, 1.165) is 65.7 Å². The molecule has 5 rings (SSSR count). The Morgan fingerprint density at radius 1 is 1.21 bits per heavy atom. The van der Waals surface area contributed by atoms with Crippen molar-refractivity contribution in [3.8, 4) is 5.69 Å². The summed E-state index contributed by atoms with van der Waals surface area (Å²) in [5.74, 6) is -0.407. The number of amides is 3. The maximum absolute atomic E-state index is 13.9. The molecule has 1 aromatic carbocycles. The third-order valence-electron chi connectivity index (χ3n) is 6.35. The zero-order valence-corrected chi connectivity index (χ0v) is 21.2. The lowest BCUT2D eigenvalue weighted by Crippen LogP contribution is -2.43. The highest BCUT2D eigenvalue weighted by Crippen LogP contribution is 2.36. The van der Waals surface area contributed by atoms with Crippen LogP contribution < -0.4 is 16.2 Å². The minimum absolute atomic E-state index is 0.0852. The fraction of sp³-hybridized carbons (Fsp3) is 0.440. The van der Waals surface area contributed by atoms with Crippen LogP contribution in [-0.4, -0.2) is 32.8 Å². The average molecular weight is 497 g/mol. The molecule has 1 fully saturated rings. The number of thiophene rings is 1. The van der Waals surface area contributed by atoms with E-state index in [4.69, 9.17) is 4.98 Å². The van der Waals surface area contributed by atoms with E-state index in [1.165, 1.54) is 16.6 Å². The van der Waals surface area contributed by atoms with Crippen molar-refractivity contribution in [2.24, 2.45) is 0 Å². The van der Waals surface area contributed by atoms with E-state index in [1.54, 1.807) is 22.8 Å². The zero-order chi connectivity index (χ0) is 24.0. The number of rotatable bonds is 5. The minimum Gasteiger partial charge on any atom is -0.335 e. The molecule has 1 saturated carbocycles. The second-order valence-electron chi connectivity index (χ2n) is 9.21. The lowest BCUT2D eigenvalue weighted by molar-refractivity contribution is -0.119. The van der Waals surface area contributed by atoms with Crippen LogP contribution in [0.5, 0.6) is 0 Å². The first kappa shape index (κ1) is 23.1. The van der Waals surface area contributed by atoms with E-state index in [-0.39, 0.29) is 11.6 Å². The van der Waals surface area contributed by atoms with Crippen molar-refractivity contribution in [3.05, 3.63) is 50.1 Å². The molecule has 178 valence electrons. The summed E-state index contributed by atoms with van der Waals surface area (Å²) in [5.41, 5.74) is 3.90. The molecule has 0 saturated heterocycles. The van der Waals surface area contributed by atoms with Crippen LogP contribution in [0.4, 0.5) is 4.79 Å². The summed E-state index contributed by atoms with van der Waals surface area (Å²) in [6, 6.07) is 5.66. The van der Waals surface area contributed by atoms with Crippen LogP contribution in [0.2, 0.25) is 0 Å². The Bertz CT molecular complexity index is 1360. The van der Waals surface area contributed by atoms with Gasteiger partial charge in [0.25, 0.3) is 5.56 Å². The van der Waals surface area contributed by atoms with Gasteiger partial charge < -0.3 is 5.32 Å². The van der Waals surface area contributed by atoms with Crippen LogP contribution >= 0.6 is 23.1 Å². The van der Waals surface area contributed by atoms with Crippen LogP contribution in [-0.2, 0) is 17.6 Å². The van der Waals surface area contributed by atoms with Gasteiger partial charge in [-0.05, 0) is 76.5 Å². The summed E-state index contributed by atoms with van der Waals surface area (Å²) in [4.78, 5) is 45.6. The molecule has 1 atom stereocenters. The van der Waals surface area contributed by atoms with E-state index in [9.17, 15) is 14.4 Å². The van der Waals surface area contributed by atoms with Crippen molar-refractivity contribution in [1.82, 2.24) is 20.2 Å². The lowest BCUT2D eigenvalue weighted by Gasteiger charge is -2.17. The first-order valence-electron chi connectivity index (χ1n) is 11.7. The molecule has 0 radical (unpaired) electrons. The molecule has 2 aliphatic carbocycles. The minimum atomic E-state index is -0.610. The molecule has 0 bridgehead atoms. The number of carbonyl (C=O) groups is 2. The molecule has 7 nitrogen and oxygen atoms in total. The number of hydrogen-bond acceptors (Lipinski definition) is 6. The topological polar surface area (TPSA) is 93.1 Å². The van der Waals surface area contributed by atoms with Gasteiger partial charge >= 0.3 is 6.03 Å². The highest BCUT2D eigenvalue weighted by molar-refractivity contribution is 8.00. The van der Waals surface area contributed by atoms with Gasteiger partial charge in [-0.1, -0.05) is 29.5 Å². The standard InChI is InChI=1S/C25H28N4O3S2/c1-13-8-11-18(14(2)12-13)29-23(31)20-17-6-4-5-7-19(17)34-22(20)28-25(29)33-15(3)21(30)27-24(32)26-16-9-10-16/h8,11-12,15-16H,4-7,9-10H2,1-3H3,(H2,26,27,30,32). The summed E-state index contributed by atoms with van der Waals surface area (Å²) in [7, 11) is 0. The number of hydrogen-bond donors (Lipinski definition) is 2. The summed E-state index contributed by atoms with van der Waals surface area (Å²) < 4.78 is 1.65. The number of thioether (sulfide) groups is 1. The zero-order valence-electron chi connectivity index (χ0n) is 19.6. The van der Waals surface area contributed by atoms with Gasteiger partial charge in [0.15, 0.2) is 5.16 Å². The van der Waals surface area contributed by atoms with Gasteiger partial charge in [-0.3, -0.25) is 19.5 Å². The number of nitrogens with zero attached hydrogens (tertiary/aromatic N) is 2. The van der Waals surface area contributed by atoms with Crippen LogP contribution in [0.25, 0.3) is 15.9 Å². The predicted molar refractivity (Wildman–Crippen MR) is 136 cm³/mol. The number of aryl methyl sites for hydroxylation is 4. The number of carbonyl (C=O) groups excluding carboxylic acids is 2. The summed E-state index contributed by atoms with van der Waals surface area (Å²) in [5, 5.41) is 5.75. The van der Waals surface area contributed by atoms with Gasteiger partial charge in [-0.15, -0.1) is 11.3 Å². The maximum Gasteiger partial charge on any atom is 0.321 e. The Morgan fingerprint density at radius 2 is 1.97 bits per heavy atom. The fourth-order valence-corrected chi connectivity index (χ4v) is 6.63. The molecule has 1 unspecified atom stereocenters. The van der Waals surface area contributed by atoms with Crippen molar-refractivity contribution >= 4 is 45.3 Å². The number of urea groups is 1. The summed E-state index contributed by atoms with van der Waals surface area (Å²) in [6.07, 6.45) is 5.99. The predicted octanol–water partition coefficient (Wildman–Crippen LogP) is 4.41. The Hall–Kier alpha value is -2.65. The molecule has 9 heteroatoms. The second-order valence-corrected chi connectivity index (χ2v) is 11.6. The monoisotopic (exact) mass is 496 g/mol. The third kappa shape index (κ3) is 4.51. The van der Waals surface area contributed by atoms with Gasteiger partial charge in [0, 0.05) is 10.9 Å². The number of imide groups is 1. The molecule has 3 aromatic rings. The average Bonchev–Trinajstić information content (AvgIpc) is 3.51. The van der Waals surface area contributed by atoms with Crippen LogP contribution in [0.1, 0.15) is 54.2 Å². The van der Waals surface area contributed by atoms with Crippen molar-refractivity contribution < 1.29 is 9.59 Å². The molecular weight excluding hydrogens is 468 g/mol. The van der Waals surface area contributed by atoms with E-state index < -0.39 is 17.2 Å². The van der Waals surface area contributed by atoms with Gasteiger partial charge in [-0.2, -0.15) is 0 Å². The van der Waals surface area contributed by atoms with E-state index >= 15 is 0 Å². The van der Waals surface area contributed by atoms with E-state index in [2.05, 4.69) is 10.6 Å². The maximum atomic E-state index is 13.9. The fourth-order valence-electron chi connectivity index (χ4n) is 4.41. The normalized spacial score (nSPS) is 16.2. The highest BCUT2D eigenvalue weighted by atomic mass is 32.2. The number of nitrogens with one attached hydrogen (secondary N) is 2. The third-order valence-corrected chi connectivity index (χ3v) is 8.59. The molecule has 2 aromatic heterocycles. The van der Waals surface area contributed by atoms with Gasteiger partial charge in [0.1, 0.15) is 4.83 Å². The SMILES string of the molecule is Cc1ccc(-n2c(SC(C)C(=O)NC(=O)NC3CC3)nc3sc4c(c3c2=O)CCCC4)c(C)c1. The molecule has 34 heavy (non-hydrogen) atoms. The van der Waals surface area contributed by atoms with Gasteiger partial charge in [-0.25, -0.2) is 9.78 Å². The van der Waals surface area contributed by atoms with Crippen LogP contribution in [0.3, 0.4) is 0 Å². The van der Waals surface area contributed by atoms with Crippen molar-refractivity contribution in [1.29, 1.82) is 0 Å². The van der Waals surface area contributed by atoms with Crippen LogP contribution in [0, 0.1) is 13.8 Å². The number of aromatic nitrogens is 2. The lowest BCUT2D eigenvalue weighted by atomic mass is 9.97. The Balaban J connectivity index is 1.56. The van der Waals surface area contributed by atoms with Crippen LogP contribution in [0.15, 0.2) is 28.2 Å². The molecule has 2 aliphatic rings. The molecule has 3 amide bonds. The molecule has 0 spiro atoms. The number of benzene rings is 1. The molecule has 2 heterocycles. The van der Waals surface area contributed by atoms with Gasteiger partial charge in [0.2, 0.25) is 5.91 Å². The molecule has 0 aliphatic heterocycles. The van der Waals surface area contributed by atoms with Crippen molar-refractivity contribution in [2.75, 3.05) is 0 Å². The first-order valence-corrected chi connectivity index (χ1v) is 13.4. The first-order chi connectivity index (χ1) is 16.3.